The molecule has 1 aliphatic rings. The Kier molecular flexibility index (Phi) is 5.54. The summed E-state index contributed by atoms with van der Waals surface area (Å²) in [5.74, 6) is -0.272. The third-order valence-electron chi connectivity index (χ3n) is 4.31. The lowest BCUT2D eigenvalue weighted by molar-refractivity contribution is -0.173. The minimum atomic E-state index is -0.998. The summed E-state index contributed by atoms with van der Waals surface area (Å²) in [5, 5.41) is 4.49. The highest BCUT2D eigenvalue weighted by atomic mass is 16.7. The molecule has 1 amide bonds. The van der Waals surface area contributed by atoms with Gasteiger partial charge in [0.2, 0.25) is 0 Å². The van der Waals surface area contributed by atoms with Crippen LogP contribution in [0.5, 0.6) is 0 Å². The van der Waals surface area contributed by atoms with Gasteiger partial charge in [0.25, 0.3) is 5.91 Å². The maximum absolute atomic E-state index is 13.3. The van der Waals surface area contributed by atoms with Crippen molar-refractivity contribution in [3.05, 3.63) is 30.6 Å². The fraction of sp³-hybridized carbons (Fsp3) is 0.471. The number of anilines is 1. The Bertz CT molecular complexity index is 728. The molecule has 2 aromatic heterocycles. The van der Waals surface area contributed by atoms with Gasteiger partial charge in [-0.05, 0) is 44.1 Å². The Morgan fingerprint density at radius 1 is 1.24 bits per heavy atom. The molecule has 8 heteroatoms. The number of pyridine rings is 2. The van der Waals surface area contributed by atoms with Gasteiger partial charge in [0.1, 0.15) is 18.0 Å². The molecule has 1 saturated heterocycles. The summed E-state index contributed by atoms with van der Waals surface area (Å²) < 4.78 is 10.9. The van der Waals surface area contributed by atoms with Crippen molar-refractivity contribution < 1.29 is 19.1 Å². The number of carbonyl (C=O) groups is 1. The Morgan fingerprint density at radius 3 is 2.76 bits per heavy atom. The number of aromatic nitrogens is 2. The molecule has 3 rings (SSSR count). The number of amides is 1. The Hall–Kier alpha value is -2.13. The molecular weight excluding hydrogens is 324 g/mol. The lowest BCUT2D eigenvalue weighted by Crippen LogP contribution is -2.56. The first-order chi connectivity index (χ1) is 12.2. The zero-order valence-electron chi connectivity index (χ0n) is 14.4. The van der Waals surface area contributed by atoms with E-state index in [-0.39, 0.29) is 12.7 Å². The average molecular weight is 346 g/mol. The molecule has 8 nitrogen and oxygen atoms in total. The van der Waals surface area contributed by atoms with Crippen molar-refractivity contribution in [1.82, 2.24) is 15.3 Å². The largest absolute Gasteiger partial charge is 0.359 e. The molecule has 3 heterocycles. The Morgan fingerprint density at radius 2 is 2.04 bits per heavy atom. The first kappa shape index (κ1) is 17.7. The molecule has 0 radical (unpaired) electrons. The average Bonchev–Trinajstić information content (AvgIpc) is 2.68. The lowest BCUT2D eigenvalue weighted by Gasteiger charge is -2.38. The predicted octanol–water partition coefficient (Wildman–Crippen LogP) is 1.27. The van der Waals surface area contributed by atoms with E-state index in [1.165, 1.54) is 19.3 Å². The zero-order chi connectivity index (χ0) is 17.7. The molecule has 0 aliphatic carbocycles. The summed E-state index contributed by atoms with van der Waals surface area (Å²) in [5.41, 5.74) is 0.821. The molecule has 134 valence electrons. The van der Waals surface area contributed by atoms with Gasteiger partial charge in [-0.25, -0.2) is 0 Å². The third-order valence-corrected chi connectivity index (χ3v) is 4.31. The second kappa shape index (κ2) is 7.83. The van der Waals surface area contributed by atoms with Gasteiger partial charge in [0.15, 0.2) is 5.60 Å². The van der Waals surface area contributed by atoms with Crippen LogP contribution in [-0.4, -0.2) is 55.6 Å². The molecule has 0 unspecified atom stereocenters. The van der Waals surface area contributed by atoms with Crippen LogP contribution in [0.4, 0.5) is 5.69 Å². The van der Waals surface area contributed by atoms with Crippen LogP contribution in [0.2, 0.25) is 0 Å². The van der Waals surface area contributed by atoms with Crippen LogP contribution >= 0.6 is 0 Å². The van der Waals surface area contributed by atoms with Crippen molar-refractivity contribution in [2.24, 2.45) is 0 Å². The maximum atomic E-state index is 13.3. The highest BCUT2D eigenvalue weighted by Crippen LogP contribution is 2.31. The maximum Gasteiger partial charge on any atom is 0.283 e. The van der Waals surface area contributed by atoms with Crippen LogP contribution in [0.3, 0.4) is 0 Å². The van der Waals surface area contributed by atoms with Gasteiger partial charge in [-0.3, -0.25) is 19.6 Å². The van der Waals surface area contributed by atoms with E-state index >= 15 is 0 Å². The molecule has 0 saturated carbocycles. The van der Waals surface area contributed by atoms with E-state index in [1.54, 1.807) is 24.5 Å². The van der Waals surface area contributed by atoms with Crippen molar-refractivity contribution in [2.45, 2.75) is 18.4 Å². The van der Waals surface area contributed by atoms with Crippen LogP contribution in [0.15, 0.2) is 30.6 Å². The van der Waals surface area contributed by atoms with Crippen molar-refractivity contribution in [2.75, 3.05) is 39.2 Å². The minimum Gasteiger partial charge on any atom is -0.359 e. The number of methoxy groups -OCH3 is 1. The first-order valence-electron chi connectivity index (χ1n) is 8.14. The van der Waals surface area contributed by atoms with E-state index < -0.39 is 5.60 Å². The Labute approximate surface area is 146 Å². The monoisotopic (exact) mass is 346 g/mol. The van der Waals surface area contributed by atoms with Crippen molar-refractivity contribution in [3.8, 4) is 0 Å². The van der Waals surface area contributed by atoms with E-state index in [0.717, 1.165) is 0 Å². The van der Waals surface area contributed by atoms with Crippen LogP contribution in [0.25, 0.3) is 11.0 Å². The van der Waals surface area contributed by atoms with Crippen LogP contribution in [-0.2, 0) is 19.1 Å². The number of hydrogen-bond acceptors (Lipinski definition) is 7. The molecule has 1 fully saturated rings. The highest BCUT2D eigenvalue weighted by molar-refractivity contribution is 6.03. The summed E-state index contributed by atoms with van der Waals surface area (Å²) in [6, 6.07) is 5.35. The van der Waals surface area contributed by atoms with Crippen LogP contribution < -0.4 is 10.4 Å². The summed E-state index contributed by atoms with van der Waals surface area (Å²) in [4.78, 5) is 27.4. The molecule has 0 aromatic carbocycles. The summed E-state index contributed by atoms with van der Waals surface area (Å²) in [6.45, 7) is 1.41. The summed E-state index contributed by atoms with van der Waals surface area (Å²) in [6.07, 6.45) is 4.36. The Balaban J connectivity index is 1.99. The molecule has 0 bridgehead atoms. The first-order valence-corrected chi connectivity index (χ1v) is 8.14. The minimum absolute atomic E-state index is 0.0403. The van der Waals surface area contributed by atoms with Crippen molar-refractivity contribution in [1.29, 1.82) is 0 Å². The van der Waals surface area contributed by atoms with Gasteiger partial charge in [0.05, 0.1) is 12.6 Å². The molecule has 0 spiro atoms. The van der Waals surface area contributed by atoms with Crippen LogP contribution in [0, 0.1) is 0 Å². The smallest absolute Gasteiger partial charge is 0.283 e. The van der Waals surface area contributed by atoms with Gasteiger partial charge in [-0.15, -0.1) is 0 Å². The molecular formula is C17H22N4O4. The number of nitrogens with one attached hydrogen (secondary N) is 1. The van der Waals surface area contributed by atoms with E-state index in [4.69, 9.17) is 14.3 Å². The van der Waals surface area contributed by atoms with Gasteiger partial charge >= 0.3 is 0 Å². The number of piperidine rings is 1. The summed E-state index contributed by atoms with van der Waals surface area (Å²) >= 11 is 0. The van der Waals surface area contributed by atoms with Gasteiger partial charge in [-0.1, -0.05) is 0 Å². The second-order valence-corrected chi connectivity index (χ2v) is 5.78. The number of rotatable bonds is 6. The van der Waals surface area contributed by atoms with Gasteiger partial charge in [-0.2, -0.15) is 5.06 Å². The van der Waals surface area contributed by atoms with E-state index in [9.17, 15) is 4.79 Å². The highest BCUT2D eigenvalue weighted by Gasteiger charge is 2.45. The number of nitrogens with zero attached hydrogens (tertiary/aromatic N) is 3. The molecule has 1 N–H and O–H groups in total. The fourth-order valence-electron chi connectivity index (χ4n) is 3.03. The molecule has 0 atom stereocenters. The molecule has 2 aromatic rings. The number of hydrogen-bond donors (Lipinski definition) is 1. The quantitative estimate of drug-likeness (QED) is 0.622. The third kappa shape index (κ3) is 3.47. The second-order valence-electron chi connectivity index (χ2n) is 5.78. The van der Waals surface area contributed by atoms with E-state index in [2.05, 4.69) is 15.3 Å². The number of fused-ring (bicyclic) bond motifs is 1. The van der Waals surface area contributed by atoms with Gasteiger partial charge in [0, 0.05) is 19.5 Å². The number of ether oxygens (including phenoxy) is 2. The molecule has 25 heavy (non-hydrogen) atoms. The standard InChI is InChI=1S/C17H22N4O4/c1-23-12-25-17(6-10-18-11-7-17)16(22)21(24-2)14-5-9-19-13-4-3-8-20-15(13)14/h3-5,8-9,18H,6-7,10-12H2,1-2H3. The van der Waals surface area contributed by atoms with E-state index in [1.807, 2.05) is 6.07 Å². The van der Waals surface area contributed by atoms with Crippen LogP contribution in [0.1, 0.15) is 12.8 Å². The number of hydroxylamine groups is 1. The topological polar surface area (TPSA) is 85.8 Å². The fourth-order valence-corrected chi connectivity index (χ4v) is 3.03. The predicted molar refractivity (Wildman–Crippen MR) is 91.8 cm³/mol. The summed E-state index contributed by atoms with van der Waals surface area (Å²) in [7, 11) is 2.99. The van der Waals surface area contributed by atoms with Gasteiger partial charge < -0.3 is 14.8 Å². The molecule has 1 aliphatic heterocycles. The van der Waals surface area contributed by atoms with Crippen molar-refractivity contribution >= 4 is 22.6 Å². The normalized spacial score (nSPS) is 16.7. The van der Waals surface area contributed by atoms with E-state index in [0.29, 0.717) is 42.7 Å². The zero-order valence-corrected chi connectivity index (χ0v) is 14.4. The number of carbonyl (C=O) groups excluding carboxylic acids is 1. The SMILES string of the molecule is COCOC1(C(=O)N(OC)c2ccnc3cccnc23)CCNCC1. The van der Waals surface area contributed by atoms with Crippen molar-refractivity contribution in [3.63, 3.8) is 0 Å². The lowest BCUT2D eigenvalue weighted by atomic mass is 9.90.